The average molecular weight is 476 g/mol. The van der Waals surface area contributed by atoms with Gasteiger partial charge in [-0.15, -0.1) is 0 Å². The van der Waals surface area contributed by atoms with Crippen LogP contribution in [0.4, 0.5) is 4.39 Å². The molecule has 0 amide bonds. The average Bonchev–Trinajstić information content (AvgIpc) is 3.39. The third-order valence-electron chi connectivity index (χ3n) is 4.86. The maximum Gasteiger partial charge on any atom is 0.308 e. The Hall–Kier alpha value is -3.31. The van der Waals surface area contributed by atoms with Crippen molar-refractivity contribution in [2.24, 2.45) is 12.0 Å². The normalized spacial score (nSPS) is 13.8. The first-order valence-corrected chi connectivity index (χ1v) is 11.4. The molecule has 0 N–H and O–H groups in total. The van der Waals surface area contributed by atoms with Gasteiger partial charge in [0.1, 0.15) is 17.5 Å². The first-order chi connectivity index (χ1) is 15.4. The van der Waals surface area contributed by atoms with E-state index in [1.165, 1.54) is 31.4 Å². The van der Waals surface area contributed by atoms with Crippen LogP contribution in [0.3, 0.4) is 0 Å². The molecule has 2 rings (SSSR count). The molecule has 0 aliphatic heterocycles. The zero-order chi connectivity index (χ0) is 24.9. The highest BCUT2D eigenvalue weighted by Gasteiger charge is 2.23. The number of hydrogen-bond donors (Lipinski definition) is 0. The lowest BCUT2D eigenvalue weighted by Crippen LogP contribution is -2.33. The van der Waals surface area contributed by atoms with Gasteiger partial charge in [-0.05, 0) is 38.5 Å². The molecule has 9 nitrogen and oxygen atoms in total. The van der Waals surface area contributed by atoms with Crippen molar-refractivity contribution < 1.29 is 12.8 Å². The van der Waals surface area contributed by atoms with Gasteiger partial charge in [-0.3, -0.25) is 4.68 Å². The molecular formula is C22H30FN7O2S. The third kappa shape index (κ3) is 6.14. The summed E-state index contributed by atoms with van der Waals surface area (Å²) in [6, 6.07) is 0. The number of rotatable bonds is 9. The van der Waals surface area contributed by atoms with Crippen LogP contribution in [-0.4, -0.2) is 56.3 Å². The van der Waals surface area contributed by atoms with E-state index >= 15 is 0 Å². The number of amidine groups is 1. The molecule has 0 saturated carbocycles. The second-order valence-corrected chi connectivity index (χ2v) is 9.55. The fraction of sp³-hybridized carbons (Fsp3) is 0.318. The van der Waals surface area contributed by atoms with Crippen molar-refractivity contribution in [3.63, 3.8) is 0 Å². The smallest absolute Gasteiger partial charge is 0.308 e. The summed E-state index contributed by atoms with van der Waals surface area (Å²) in [6.45, 7) is 12.6. The third-order valence-corrected chi connectivity index (χ3v) is 6.61. The summed E-state index contributed by atoms with van der Waals surface area (Å²) in [5.74, 6) is 0.0366. The molecule has 0 unspecified atom stereocenters. The molecule has 178 valence electrons. The number of hydrogen-bond acceptors (Lipinski definition) is 5. The number of allylic oxidation sites excluding steroid dienone is 5. The maximum absolute atomic E-state index is 14.5. The second-order valence-electron chi connectivity index (χ2n) is 7.53. The van der Waals surface area contributed by atoms with Gasteiger partial charge in [0.15, 0.2) is 0 Å². The van der Waals surface area contributed by atoms with E-state index in [1.807, 2.05) is 20.2 Å². The topological polar surface area (TPSA) is 88.6 Å². The quantitative estimate of drug-likeness (QED) is 0.315. The van der Waals surface area contributed by atoms with Gasteiger partial charge in [-0.2, -0.15) is 17.8 Å². The number of aromatic nitrogens is 4. The Morgan fingerprint density at radius 2 is 1.97 bits per heavy atom. The zero-order valence-corrected chi connectivity index (χ0v) is 20.6. The van der Waals surface area contributed by atoms with Gasteiger partial charge in [0, 0.05) is 45.3 Å². The summed E-state index contributed by atoms with van der Waals surface area (Å²) in [6.07, 6.45) is 9.21. The van der Waals surface area contributed by atoms with Gasteiger partial charge < -0.3 is 4.90 Å². The van der Waals surface area contributed by atoms with Crippen LogP contribution in [-0.2, 0) is 23.8 Å². The van der Waals surface area contributed by atoms with Crippen molar-refractivity contribution >= 4 is 21.6 Å². The molecule has 0 aliphatic carbocycles. The van der Waals surface area contributed by atoms with E-state index in [0.29, 0.717) is 11.5 Å². The number of nitrogens with zero attached hydrogens (tertiary/aromatic N) is 7. The molecule has 2 aromatic heterocycles. The number of aliphatic imine (C=N–C) groups is 1. The first kappa shape index (κ1) is 25.9. The van der Waals surface area contributed by atoms with Crippen molar-refractivity contribution in [3.05, 3.63) is 78.7 Å². The van der Waals surface area contributed by atoms with Gasteiger partial charge in [0.2, 0.25) is 0 Å². The van der Waals surface area contributed by atoms with E-state index in [9.17, 15) is 12.8 Å². The minimum Gasteiger partial charge on any atom is -0.324 e. The minimum atomic E-state index is -3.80. The Kier molecular flexibility index (Phi) is 8.29. The fourth-order valence-electron chi connectivity index (χ4n) is 2.97. The summed E-state index contributed by atoms with van der Waals surface area (Å²) in [5.41, 5.74) is 2.49. The lowest BCUT2D eigenvalue weighted by atomic mass is 10.1. The largest absolute Gasteiger partial charge is 0.324 e. The Morgan fingerprint density at radius 1 is 1.30 bits per heavy atom. The SMILES string of the molecule is C=CC(F)=C(C)N(Cc1nccn1S(=O)(=O)N(C)C)C(C)=NC(=C)/C=C(\C)c1cnn(C)c1. The van der Waals surface area contributed by atoms with Crippen molar-refractivity contribution in [1.29, 1.82) is 0 Å². The van der Waals surface area contributed by atoms with Crippen molar-refractivity contribution in [2.75, 3.05) is 14.1 Å². The highest BCUT2D eigenvalue weighted by molar-refractivity contribution is 7.87. The molecule has 0 fully saturated rings. The summed E-state index contributed by atoms with van der Waals surface area (Å²) >= 11 is 0. The summed E-state index contributed by atoms with van der Waals surface area (Å²) in [5, 5.41) is 4.15. The Morgan fingerprint density at radius 3 is 2.52 bits per heavy atom. The lowest BCUT2D eigenvalue weighted by Gasteiger charge is -2.25. The lowest BCUT2D eigenvalue weighted by molar-refractivity contribution is 0.455. The number of aryl methyl sites for hydroxylation is 1. The second kappa shape index (κ2) is 10.5. The highest BCUT2D eigenvalue weighted by Crippen LogP contribution is 2.20. The summed E-state index contributed by atoms with van der Waals surface area (Å²) < 4.78 is 43.5. The zero-order valence-electron chi connectivity index (χ0n) is 19.8. The van der Waals surface area contributed by atoms with Crippen LogP contribution < -0.4 is 0 Å². The molecule has 2 aromatic rings. The molecule has 33 heavy (non-hydrogen) atoms. The summed E-state index contributed by atoms with van der Waals surface area (Å²) in [7, 11) is 0.877. The van der Waals surface area contributed by atoms with E-state index < -0.39 is 16.0 Å². The van der Waals surface area contributed by atoms with Crippen molar-refractivity contribution in [1.82, 2.24) is 27.9 Å². The van der Waals surface area contributed by atoms with Gasteiger partial charge in [-0.25, -0.2) is 18.3 Å². The van der Waals surface area contributed by atoms with Crippen LogP contribution in [0, 0.1) is 0 Å². The van der Waals surface area contributed by atoms with Crippen LogP contribution in [0.1, 0.15) is 32.2 Å². The van der Waals surface area contributed by atoms with E-state index in [1.54, 1.807) is 30.8 Å². The molecule has 0 saturated heterocycles. The van der Waals surface area contributed by atoms with Gasteiger partial charge >= 0.3 is 10.2 Å². The van der Waals surface area contributed by atoms with E-state index in [2.05, 4.69) is 28.2 Å². The molecule has 0 radical (unpaired) electrons. The predicted octanol–water partition coefficient (Wildman–Crippen LogP) is 3.50. The highest BCUT2D eigenvalue weighted by atomic mass is 32.2. The molecular weight excluding hydrogens is 445 g/mol. The Bertz CT molecular complexity index is 1230. The fourth-order valence-corrected chi connectivity index (χ4v) is 3.90. The first-order valence-electron chi connectivity index (χ1n) is 10.0. The van der Waals surface area contributed by atoms with E-state index in [0.717, 1.165) is 25.5 Å². The van der Waals surface area contributed by atoms with Crippen LogP contribution in [0.15, 0.2) is 72.3 Å². The monoisotopic (exact) mass is 475 g/mol. The Labute approximate surface area is 194 Å². The number of imidazole rings is 1. The maximum atomic E-state index is 14.5. The van der Waals surface area contributed by atoms with Crippen molar-refractivity contribution in [2.45, 2.75) is 27.3 Å². The molecule has 0 atom stereocenters. The molecule has 2 heterocycles. The molecule has 0 bridgehead atoms. The van der Waals surface area contributed by atoms with Crippen molar-refractivity contribution in [3.8, 4) is 0 Å². The van der Waals surface area contributed by atoms with E-state index in [4.69, 9.17) is 0 Å². The van der Waals surface area contributed by atoms with Crippen LogP contribution >= 0.6 is 0 Å². The standard InChI is InChI=1S/C22H30FN7O2S/c1-9-21(23)18(4)29(15-22-24-10-11-30(22)33(31,32)27(6)7)19(5)26-17(3)12-16(2)20-13-25-28(8)14-20/h9-14H,1,3,15H2,2,4-8H3/b16-12+,21-18?,26-19?. The predicted molar refractivity (Wildman–Crippen MR) is 129 cm³/mol. The number of halogens is 1. The molecule has 0 aliphatic rings. The summed E-state index contributed by atoms with van der Waals surface area (Å²) in [4.78, 5) is 10.2. The Balaban J connectivity index is 2.44. The molecule has 11 heteroatoms. The molecule has 0 spiro atoms. The van der Waals surface area contributed by atoms with Gasteiger partial charge in [-0.1, -0.05) is 13.2 Å². The van der Waals surface area contributed by atoms with Gasteiger partial charge in [0.05, 0.1) is 24.1 Å². The van der Waals surface area contributed by atoms with Gasteiger partial charge in [0.25, 0.3) is 0 Å². The van der Waals surface area contributed by atoms with Crippen LogP contribution in [0.5, 0.6) is 0 Å². The minimum absolute atomic E-state index is 0.0406. The van der Waals surface area contributed by atoms with E-state index in [-0.39, 0.29) is 18.1 Å². The van der Waals surface area contributed by atoms with Crippen LogP contribution in [0.25, 0.3) is 5.57 Å². The van der Waals surface area contributed by atoms with Crippen LogP contribution in [0.2, 0.25) is 0 Å². The molecule has 0 aromatic carbocycles.